The van der Waals surface area contributed by atoms with Crippen LogP contribution in [0.15, 0.2) is 109 Å². The summed E-state index contributed by atoms with van der Waals surface area (Å²) in [6.07, 6.45) is 0. The minimum absolute atomic E-state index is 0.00830. The van der Waals surface area contributed by atoms with Crippen molar-refractivity contribution in [3.05, 3.63) is 148 Å². The first kappa shape index (κ1) is 49.9. The molecule has 70 heavy (non-hydrogen) atoms. The second kappa shape index (κ2) is 17.0. The highest BCUT2D eigenvalue weighted by atomic mass is 32.1. The zero-order valence-electron chi connectivity index (χ0n) is 46.5. The van der Waals surface area contributed by atoms with Crippen LogP contribution in [0.1, 0.15) is 176 Å². The number of thiophene rings is 1. The summed E-state index contributed by atoms with van der Waals surface area (Å²) < 4.78 is 2.77. The van der Waals surface area contributed by atoms with Crippen LogP contribution in [0.25, 0.3) is 21.2 Å². The number of hydrogen-bond donors (Lipinski definition) is 0. The summed E-state index contributed by atoms with van der Waals surface area (Å²) in [5.74, 6) is 1.59. The van der Waals surface area contributed by atoms with Gasteiger partial charge in [-0.2, -0.15) is 0 Å². The summed E-state index contributed by atoms with van der Waals surface area (Å²) in [7, 11) is 0. The van der Waals surface area contributed by atoms with E-state index in [0.29, 0.717) is 17.8 Å². The average molecular weight is 945 g/mol. The van der Waals surface area contributed by atoms with Crippen LogP contribution in [0, 0.1) is 18.8 Å². The van der Waals surface area contributed by atoms with Gasteiger partial charge >= 0.3 is 0 Å². The Bertz CT molecular complexity index is 3100. The van der Waals surface area contributed by atoms with Gasteiger partial charge in [0.15, 0.2) is 0 Å². The highest BCUT2D eigenvalue weighted by Gasteiger charge is 2.46. The molecule has 2 aliphatic heterocycles. The number of rotatable bonds is 6. The highest BCUT2D eigenvalue weighted by Crippen LogP contribution is 2.51. The Labute approximate surface area is 428 Å². The van der Waals surface area contributed by atoms with Gasteiger partial charge < -0.3 is 9.80 Å². The Balaban J connectivity index is 1.41. The molecule has 0 unspecified atom stereocenters. The molecule has 0 bridgehead atoms. The summed E-state index contributed by atoms with van der Waals surface area (Å²) in [6, 6.07) is 44.3. The van der Waals surface area contributed by atoms with Gasteiger partial charge in [-0.3, -0.25) is 0 Å². The maximum absolute atomic E-state index is 2.67. The molecule has 0 saturated heterocycles. The largest absolute Gasteiger partial charge is 0.311 e. The smallest absolute Gasteiger partial charge is 0.264 e. The fourth-order valence-corrected chi connectivity index (χ4v) is 12.8. The van der Waals surface area contributed by atoms with E-state index < -0.39 is 0 Å². The Morgan fingerprint density at radius 2 is 0.943 bits per heavy atom. The van der Waals surface area contributed by atoms with Crippen LogP contribution in [0.5, 0.6) is 0 Å². The maximum atomic E-state index is 2.67. The molecule has 4 heteroatoms. The van der Waals surface area contributed by atoms with Crippen molar-refractivity contribution in [1.82, 2.24) is 0 Å². The maximum Gasteiger partial charge on any atom is 0.264 e. The highest BCUT2D eigenvalue weighted by molar-refractivity contribution is 7.33. The Morgan fingerprint density at radius 3 is 1.47 bits per heavy atom. The van der Waals surface area contributed by atoms with Gasteiger partial charge in [-0.15, -0.1) is 11.3 Å². The first-order chi connectivity index (χ1) is 32.4. The first-order valence-electron chi connectivity index (χ1n) is 26.3. The summed E-state index contributed by atoms with van der Waals surface area (Å²) >= 11 is 2.00. The third-order valence-corrected chi connectivity index (χ3v) is 16.8. The van der Waals surface area contributed by atoms with E-state index in [0.717, 1.165) is 0 Å². The SMILES string of the molecule is Cc1cc2c3c(c1)N(c1ccc(C(C(C)C)C(C)C)cc1)c1c(sc4ccc(C(C)(C)C)cc14)B3c1cc(C(C)(C)C)ccc1N2c1ccc(C(C)(C)C)cc1-c1cc(C(C)(C)C)cc(C(C)(C)C)c1. The second-order valence-corrected chi connectivity index (χ2v) is 28.1. The number of hydrogen-bond acceptors (Lipinski definition) is 3. The molecule has 2 aliphatic rings. The van der Waals surface area contributed by atoms with Gasteiger partial charge in [0.2, 0.25) is 0 Å². The van der Waals surface area contributed by atoms with Gasteiger partial charge in [-0.05, 0) is 162 Å². The van der Waals surface area contributed by atoms with E-state index in [-0.39, 0.29) is 33.8 Å². The van der Waals surface area contributed by atoms with Crippen LogP contribution in [0.2, 0.25) is 0 Å². The minimum atomic E-state index is -0.0401. The molecule has 0 aliphatic carbocycles. The molecule has 0 saturated carbocycles. The Kier molecular flexibility index (Phi) is 12.1. The molecule has 0 atom stereocenters. The minimum Gasteiger partial charge on any atom is -0.311 e. The van der Waals surface area contributed by atoms with Crippen LogP contribution >= 0.6 is 11.3 Å². The predicted molar refractivity (Wildman–Crippen MR) is 312 cm³/mol. The third-order valence-electron chi connectivity index (χ3n) is 15.6. The van der Waals surface area contributed by atoms with Crippen molar-refractivity contribution in [2.24, 2.45) is 11.8 Å². The van der Waals surface area contributed by atoms with Crippen molar-refractivity contribution in [2.75, 3.05) is 9.80 Å². The molecule has 3 heterocycles. The Hall–Kier alpha value is -5.06. The van der Waals surface area contributed by atoms with E-state index in [2.05, 4.69) is 257 Å². The Morgan fingerprint density at radius 1 is 0.457 bits per heavy atom. The summed E-state index contributed by atoms with van der Waals surface area (Å²) in [6.45, 7) is 47.2. The van der Waals surface area contributed by atoms with Crippen LogP contribution in [-0.2, 0) is 27.1 Å². The van der Waals surface area contributed by atoms with Gasteiger partial charge in [0.1, 0.15) is 0 Å². The van der Waals surface area contributed by atoms with Crippen molar-refractivity contribution in [1.29, 1.82) is 0 Å². The average Bonchev–Trinajstić information content (AvgIpc) is 3.63. The molecule has 364 valence electrons. The van der Waals surface area contributed by atoms with Gasteiger partial charge in [-0.1, -0.05) is 186 Å². The molecule has 7 aromatic rings. The molecule has 2 nitrogen and oxygen atoms in total. The summed E-state index contributed by atoms with van der Waals surface area (Å²) in [5, 5.41) is 1.34. The van der Waals surface area contributed by atoms with Crippen molar-refractivity contribution in [3.8, 4) is 11.1 Å². The summed E-state index contributed by atoms with van der Waals surface area (Å²) in [5.41, 5.74) is 22.2. The standard InChI is InChI=1S/C66H81BN2S/c1-39(2)58(40(3)4)42-21-26-49(27-22-42)68-55-31-41(5)32-56-59(55)67(61-60(68)51-37-45(63(9,10)11)25-30-57(51)70-61)52-38-46(64(12,13)14)24-29-54(52)69(56)53-28-23-44(62(6,7)8)36-50(53)43-33-47(65(15,16)17)35-48(34-43)66(18,19)20/h21-40,58H,1-20H3. The molecule has 1 aromatic heterocycles. The fourth-order valence-electron chi connectivity index (χ4n) is 11.5. The van der Waals surface area contributed by atoms with Gasteiger partial charge in [0.25, 0.3) is 6.71 Å². The van der Waals surface area contributed by atoms with E-state index in [1.807, 2.05) is 11.3 Å². The van der Waals surface area contributed by atoms with Crippen molar-refractivity contribution >= 4 is 78.0 Å². The molecular weight excluding hydrogens is 864 g/mol. The lowest BCUT2D eigenvalue weighted by Gasteiger charge is -2.44. The van der Waals surface area contributed by atoms with Gasteiger partial charge in [0.05, 0.1) is 11.4 Å². The number of benzene rings is 6. The molecule has 0 amide bonds. The third kappa shape index (κ3) is 8.77. The number of fused-ring (bicyclic) bond motifs is 6. The monoisotopic (exact) mass is 945 g/mol. The van der Waals surface area contributed by atoms with E-state index >= 15 is 0 Å². The molecule has 0 N–H and O–H groups in total. The topological polar surface area (TPSA) is 6.48 Å². The lowest BCUT2D eigenvalue weighted by Crippen LogP contribution is -2.60. The lowest BCUT2D eigenvalue weighted by atomic mass is 9.36. The van der Waals surface area contributed by atoms with Crippen LogP contribution < -0.4 is 25.5 Å². The van der Waals surface area contributed by atoms with E-state index in [1.54, 1.807) is 0 Å². The van der Waals surface area contributed by atoms with E-state index in [1.165, 1.54) is 110 Å². The predicted octanol–water partition coefficient (Wildman–Crippen LogP) is 17.8. The van der Waals surface area contributed by atoms with Crippen molar-refractivity contribution in [2.45, 2.75) is 171 Å². The number of nitrogens with zero attached hydrogens (tertiary/aromatic N) is 2. The van der Waals surface area contributed by atoms with Crippen molar-refractivity contribution < 1.29 is 0 Å². The molecule has 0 radical (unpaired) electrons. The number of aryl methyl sites for hydroxylation is 1. The molecule has 0 fully saturated rings. The zero-order valence-corrected chi connectivity index (χ0v) is 47.3. The molecule has 6 aromatic carbocycles. The van der Waals surface area contributed by atoms with Crippen LogP contribution in [0.3, 0.4) is 0 Å². The number of anilines is 6. The zero-order chi connectivity index (χ0) is 50.9. The van der Waals surface area contributed by atoms with Crippen LogP contribution in [-0.4, -0.2) is 6.71 Å². The van der Waals surface area contributed by atoms with Gasteiger partial charge in [0, 0.05) is 43.2 Å². The van der Waals surface area contributed by atoms with Gasteiger partial charge in [-0.25, -0.2) is 0 Å². The van der Waals surface area contributed by atoms with Crippen LogP contribution in [0.4, 0.5) is 34.1 Å². The second-order valence-electron chi connectivity index (χ2n) is 27.0. The summed E-state index contributed by atoms with van der Waals surface area (Å²) in [4.78, 5) is 5.33. The first-order valence-corrected chi connectivity index (χ1v) is 27.1. The normalized spacial score (nSPS) is 14.3. The molecular formula is C66H81BN2S. The fraction of sp³-hybridized carbons (Fsp3) is 0.424. The van der Waals surface area contributed by atoms with Crippen molar-refractivity contribution in [3.63, 3.8) is 0 Å². The van der Waals surface area contributed by atoms with E-state index in [4.69, 9.17) is 0 Å². The molecule has 0 spiro atoms. The lowest BCUT2D eigenvalue weighted by molar-refractivity contribution is 0.388. The molecule has 9 rings (SSSR count). The van der Waals surface area contributed by atoms with E-state index in [9.17, 15) is 0 Å². The quantitative estimate of drug-likeness (QED) is 0.153.